The molecule has 0 amide bonds. The van der Waals surface area contributed by atoms with E-state index in [1.807, 2.05) is 0 Å². The second-order valence-corrected chi connectivity index (χ2v) is 5.75. The molecule has 0 radical (unpaired) electrons. The first-order valence-corrected chi connectivity index (χ1v) is 7.53. The summed E-state index contributed by atoms with van der Waals surface area (Å²) in [6, 6.07) is 0. The first kappa shape index (κ1) is 16.9. The van der Waals surface area contributed by atoms with Crippen molar-refractivity contribution in [3.05, 3.63) is 0 Å². The van der Waals surface area contributed by atoms with Gasteiger partial charge in [0.05, 0.1) is 0 Å². The first-order valence-electron chi connectivity index (χ1n) is 7.53. The van der Waals surface area contributed by atoms with Crippen LogP contribution in [0.25, 0.3) is 0 Å². The van der Waals surface area contributed by atoms with Gasteiger partial charge >= 0.3 is 0 Å². The van der Waals surface area contributed by atoms with Gasteiger partial charge in [0.2, 0.25) is 0 Å². The van der Waals surface area contributed by atoms with Gasteiger partial charge in [0.25, 0.3) is 0 Å². The molecule has 0 saturated heterocycles. The van der Waals surface area contributed by atoms with E-state index in [2.05, 4.69) is 13.8 Å². The molecule has 0 aromatic rings. The van der Waals surface area contributed by atoms with Crippen LogP contribution in [-0.2, 0) is 0 Å². The highest BCUT2D eigenvalue weighted by Crippen LogP contribution is 2.12. The Kier molecular flexibility index (Phi) is 12.3. The van der Waals surface area contributed by atoms with Crippen molar-refractivity contribution in [2.45, 2.75) is 78.1 Å². The minimum atomic E-state index is 0.815. The zero-order chi connectivity index (χ0) is 12.9. The van der Waals surface area contributed by atoms with Gasteiger partial charge in [-0.15, -0.1) is 0 Å². The summed E-state index contributed by atoms with van der Waals surface area (Å²) in [5.41, 5.74) is 0. The number of rotatable bonds is 12. The minimum absolute atomic E-state index is 0.815. The zero-order valence-electron chi connectivity index (χ0n) is 12.2. The highest BCUT2D eigenvalue weighted by molar-refractivity contribution is 4.50. The molecule has 0 spiro atoms. The predicted octanol–water partition coefficient (Wildman–Crippen LogP) is 4.86. The molecule has 0 fully saturated rings. The maximum Gasteiger partial charge on any atom is 0.0235 e. The van der Waals surface area contributed by atoms with Crippen molar-refractivity contribution in [3.63, 3.8) is 0 Å². The summed E-state index contributed by atoms with van der Waals surface area (Å²) in [5, 5.41) is 10.2. The van der Waals surface area contributed by atoms with Gasteiger partial charge in [-0.05, 0) is 12.3 Å². The summed E-state index contributed by atoms with van der Waals surface area (Å²) in [6.07, 6.45) is 13.6. The van der Waals surface area contributed by atoms with Gasteiger partial charge in [0.15, 0.2) is 0 Å². The Morgan fingerprint density at radius 2 is 1.18 bits per heavy atom. The zero-order valence-corrected chi connectivity index (χ0v) is 12.2. The van der Waals surface area contributed by atoms with Crippen LogP contribution in [0.3, 0.4) is 0 Å². The second-order valence-electron chi connectivity index (χ2n) is 5.75. The highest BCUT2D eigenvalue weighted by atomic mass is 16.5. The number of hydrogen-bond donors (Lipinski definition) is 1. The van der Waals surface area contributed by atoms with Crippen LogP contribution in [0.1, 0.15) is 78.1 Å². The van der Waals surface area contributed by atoms with Crippen molar-refractivity contribution in [1.82, 2.24) is 5.06 Å². The minimum Gasteiger partial charge on any atom is -0.314 e. The largest absolute Gasteiger partial charge is 0.314 e. The van der Waals surface area contributed by atoms with Gasteiger partial charge in [-0.2, -0.15) is 5.06 Å². The summed E-state index contributed by atoms with van der Waals surface area (Å²) >= 11 is 0. The van der Waals surface area contributed by atoms with Gasteiger partial charge in [-0.1, -0.05) is 71.6 Å². The van der Waals surface area contributed by atoms with Crippen molar-refractivity contribution in [1.29, 1.82) is 0 Å². The Morgan fingerprint density at radius 1 is 0.765 bits per heavy atom. The summed E-state index contributed by atoms with van der Waals surface area (Å²) < 4.78 is 0. The van der Waals surface area contributed by atoms with E-state index in [1.54, 1.807) is 7.05 Å². The van der Waals surface area contributed by atoms with Crippen LogP contribution in [0.2, 0.25) is 0 Å². The normalized spacial score (nSPS) is 11.6. The molecule has 0 aromatic carbocycles. The van der Waals surface area contributed by atoms with E-state index in [0.717, 1.165) is 18.9 Å². The van der Waals surface area contributed by atoms with Crippen molar-refractivity contribution < 1.29 is 5.21 Å². The summed E-state index contributed by atoms with van der Waals surface area (Å²) in [6.45, 7) is 5.43. The molecule has 2 heteroatoms. The second kappa shape index (κ2) is 12.4. The molecule has 0 aliphatic rings. The molecule has 17 heavy (non-hydrogen) atoms. The van der Waals surface area contributed by atoms with Gasteiger partial charge in [0, 0.05) is 13.6 Å². The number of hydroxylamine groups is 2. The Hall–Kier alpha value is -0.0800. The van der Waals surface area contributed by atoms with E-state index in [1.165, 1.54) is 62.9 Å². The molecule has 0 atom stereocenters. The van der Waals surface area contributed by atoms with Crippen molar-refractivity contribution in [2.24, 2.45) is 5.92 Å². The maximum absolute atomic E-state index is 8.95. The van der Waals surface area contributed by atoms with E-state index < -0.39 is 0 Å². The summed E-state index contributed by atoms with van der Waals surface area (Å²) in [5.74, 6) is 0.875. The number of nitrogens with zero attached hydrogens (tertiary/aromatic N) is 1. The van der Waals surface area contributed by atoms with Gasteiger partial charge in [-0.25, -0.2) is 0 Å². The molecule has 104 valence electrons. The smallest absolute Gasteiger partial charge is 0.0235 e. The van der Waals surface area contributed by atoms with Crippen LogP contribution in [0.5, 0.6) is 0 Å². The third-order valence-electron chi connectivity index (χ3n) is 3.26. The van der Waals surface area contributed by atoms with Crippen LogP contribution in [-0.4, -0.2) is 23.9 Å². The summed E-state index contributed by atoms with van der Waals surface area (Å²) in [7, 11) is 1.72. The van der Waals surface area contributed by atoms with Crippen LogP contribution >= 0.6 is 0 Å². The Labute approximate surface area is 108 Å². The molecule has 0 aliphatic carbocycles. The average Bonchev–Trinajstić information content (AvgIpc) is 2.25. The van der Waals surface area contributed by atoms with Crippen molar-refractivity contribution in [3.8, 4) is 0 Å². The third-order valence-corrected chi connectivity index (χ3v) is 3.26. The molecule has 0 unspecified atom stereocenters. The molecule has 1 N–H and O–H groups in total. The molecular weight excluding hydrogens is 210 g/mol. The lowest BCUT2D eigenvalue weighted by Crippen LogP contribution is -2.13. The van der Waals surface area contributed by atoms with Crippen LogP contribution in [0.15, 0.2) is 0 Å². The predicted molar refractivity (Wildman–Crippen MR) is 75.4 cm³/mol. The van der Waals surface area contributed by atoms with Gasteiger partial charge in [0.1, 0.15) is 0 Å². The van der Waals surface area contributed by atoms with E-state index in [4.69, 9.17) is 5.21 Å². The molecule has 0 bridgehead atoms. The Bertz CT molecular complexity index is 130. The lowest BCUT2D eigenvalue weighted by Gasteiger charge is -2.07. The van der Waals surface area contributed by atoms with Crippen molar-refractivity contribution in [2.75, 3.05) is 13.6 Å². The molecule has 0 saturated carbocycles. The number of hydrogen-bond acceptors (Lipinski definition) is 2. The lowest BCUT2D eigenvalue weighted by molar-refractivity contribution is -0.0655. The number of unbranched alkanes of at least 4 members (excludes halogenated alkanes) is 8. The van der Waals surface area contributed by atoms with E-state index in [0.29, 0.717) is 0 Å². The monoisotopic (exact) mass is 243 g/mol. The van der Waals surface area contributed by atoms with Gasteiger partial charge < -0.3 is 5.21 Å². The fraction of sp³-hybridized carbons (Fsp3) is 1.00. The quantitative estimate of drug-likeness (QED) is 0.391. The maximum atomic E-state index is 8.95. The third kappa shape index (κ3) is 15.9. The fourth-order valence-electron chi connectivity index (χ4n) is 2.13. The molecule has 0 aromatic heterocycles. The average molecular weight is 243 g/mol. The Morgan fingerprint density at radius 3 is 1.59 bits per heavy atom. The topological polar surface area (TPSA) is 23.5 Å². The molecule has 0 aliphatic heterocycles. The van der Waals surface area contributed by atoms with Crippen LogP contribution in [0, 0.1) is 5.92 Å². The van der Waals surface area contributed by atoms with Crippen LogP contribution < -0.4 is 0 Å². The molecule has 0 heterocycles. The van der Waals surface area contributed by atoms with Crippen LogP contribution in [0.4, 0.5) is 0 Å². The molecule has 2 nitrogen and oxygen atoms in total. The van der Waals surface area contributed by atoms with Gasteiger partial charge in [-0.3, -0.25) is 0 Å². The molecule has 0 rings (SSSR count). The van der Waals surface area contributed by atoms with E-state index >= 15 is 0 Å². The highest BCUT2D eigenvalue weighted by Gasteiger charge is 1.96. The SMILES string of the molecule is CC(C)CCCCCCCCCCCN(C)O. The Balaban J connectivity index is 2.94. The fourth-order valence-corrected chi connectivity index (χ4v) is 2.13. The molecular formula is C15H33NO. The van der Waals surface area contributed by atoms with E-state index in [-0.39, 0.29) is 0 Å². The van der Waals surface area contributed by atoms with E-state index in [9.17, 15) is 0 Å². The first-order chi connectivity index (χ1) is 8.13. The standard InChI is InChI=1S/C15H33NO/c1-15(2)13-11-9-7-5-4-6-8-10-12-14-16(3)17/h15,17H,4-14H2,1-3H3. The van der Waals surface area contributed by atoms with Crippen molar-refractivity contribution >= 4 is 0 Å². The lowest BCUT2D eigenvalue weighted by atomic mass is 10.0. The summed E-state index contributed by atoms with van der Waals surface area (Å²) in [4.78, 5) is 0.